The Bertz CT molecular complexity index is 3630. The van der Waals surface area contributed by atoms with Crippen LogP contribution in [0.15, 0.2) is 127 Å². The smallest absolute Gasteiger partial charge is 0.409 e. The van der Waals surface area contributed by atoms with E-state index in [0.717, 1.165) is 66.0 Å². The van der Waals surface area contributed by atoms with Crippen LogP contribution in [-0.2, 0) is 19.6 Å². The third-order valence-corrected chi connectivity index (χ3v) is 16.4. The van der Waals surface area contributed by atoms with Crippen LogP contribution in [0, 0.1) is 23.7 Å². The van der Waals surface area contributed by atoms with Gasteiger partial charge in [-0.2, -0.15) is 5.26 Å². The number of piperidine rings is 2. The zero-order chi connectivity index (χ0) is 47.7. The number of imidazole rings is 2. The first-order valence-electron chi connectivity index (χ1n) is 23.9. The molecule has 0 bridgehead atoms. The van der Waals surface area contributed by atoms with Crippen molar-refractivity contribution in [3.63, 3.8) is 0 Å². The van der Waals surface area contributed by atoms with E-state index in [-0.39, 0.29) is 41.3 Å². The summed E-state index contributed by atoms with van der Waals surface area (Å²) in [5.74, 6) is 0.239. The van der Waals surface area contributed by atoms with Gasteiger partial charge in [-0.3, -0.25) is 13.6 Å². The normalized spacial score (nSPS) is 18.6. The van der Waals surface area contributed by atoms with Gasteiger partial charge in [0, 0.05) is 80.1 Å². The van der Waals surface area contributed by atoms with E-state index in [1.54, 1.807) is 53.8 Å². The van der Waals surface area contributed by atoms with Crippen LogP contribution in [0.25, 0.3) is 44.7 Å². The molecule has 0 spiro atoms. The molecule has 2 aliphatic carbocycles. The number of hydrogen-bond acceptors (Lipinski definition) is 10. The molecular formula is C53H49N11O5S. The number of benzene rings is 3. The van der Waals surface area contributed by atoms with Gasteiger partial charge in [0.05, 0.1) is 34.4 Å². The highest BCUT2D eigenvalue weighted by Gasteiger charge is 2.53. The SMILES string of the molecule is Cc1ccc(S(=O)(=O)n2ccc3c2ncc2ncc([C@@H]4CCCN(C(=O)OCC5c6ccccc6-c6ccccc65)C4)n23)cc1.N#CC1(C(=O)N2CCC[C@@H](c3cnc4cnc5[nH]ccc5n34)C2)CC1. The van der Waals surface area contributed by atoms with Gasteiger partial charge in [-0.1, -0.05) is 66.2 Å². The fourth-order valence-corrected chi connectivity index (χ4v) is 12.2. The number of nitrogens with zero attached hydrogens (tertiary/aromatic N) is 10. The molecule has 9 aromatic rings. The van der Waals surface area contributed by atoms with Crippen molar-refractivity contribution in [1.29, 1.82) is 5.26 Å². The number of aryl methyl sites for hydroxylation is 1. The van der Waals surface area contributed by atoms with Gasteiger partial charge in [0.2, 0.25) is 5.91 Å². The van der Waals surface area contributed by atoms with Crippen molar-refractivity contribution in [2.75, 3.05) is 32.8 Å². The van der Waals surface area contributed by atoms with Crippen LogP contribution in [0.4, 0.5) is 4.79 Å². The maximum atomic E-state index is 13.5. The van der Waals surface area contributed by atoms with E-state index in [1.165, 1.54) is 26.2 Å². The Morgan fingerprint density at radius 1 is 0.757 bits per heavy atom. The van der Waals surface area contributed by atoms with E-state index in [0.29, 0.717) is 49.3 Å². The number of likely N-dealkylation sites (tertiary alicyclic amines) is 2. The van der Waals surface area contributed by atoms with Crippen LogP contribution in [0.3, 0.4) is 0 Å². The largest absolute Gasteiger partial charge is 0.448 e. The minimum atomic E-state index is -3.85. The van der Waals surface area contributed by atoms with E-state index in [1.807, 2.05) is 65.1 Å². The second-order valence-electron chi connectivity index (χ2n) is 19.0. The number of nitrogens with one attached hydrogen (secondary N) is 1. The molecule has 3 aromatic carbocycles. The average Bonchev–Trinajstić information content (AvgIpc) is 3.95. The summed E-state index contributed by atoms with van der Waals surface area (Å²) in [4.78, 5) is 51.1. The fourth-order valence-electron chi connectivity index (χ4n) is 10.9. The molecule has 2 atom stereocenters. The Hall–Kier alpha value is -7.84. The van der Waals surface area contributed by atoms with Gasteiger partial charge >= 0.3 is 6.09 Å². The molecule has 352 valence electrons. The summed E-state index contributed by atoms with van der Waals surface area (Å²) in [6.45, 7) is 4.70. The van der Waals surface area contributed by atoms with Crippen LogP contribution >= 0.6 is 0 Å². The van der Waals surface area contributed by atoms with Gasteiger partial charge in [0.1, 0.15) is 12.0 Å². The van der Waals surface area contributed by atoms with E-state index >= 15 is 0 Å². The minimum absolute atomic E-state index is 0.00159. The summed E-state index contributed by atoms with van der Waals surface area (Å²) in [5, 5.41) is 9.32. The van der Waals surface area contributed by atoms with Crippen LogP contribution < -0.4 is 0 Å². The van der Waals surface area contributed by atoms with Crippen molar-refractivity contribution in [2.24, 2.45) is 5.41 Å². The molecule has 1 saturated carbocycles. The predicted octanol–water partition coefficient (Wildman–Crippen LogP) is 8.58. The first-order valence-corrected chi connectivity index (χ1v) is 25.3. The number of hydrogen-bond donors (Lipinski definition) is 1. The lowest BCUT2D eigenvalue weighted by Crippen LogP contribution is -2.43. The third-order valence-electron chi connectivity index (χ3n) is 14.7. The number of carbonyl (C=O) groups is 2. The van der Waals surface area contributed by atoms with E-state index in [4.69, 9.17) is 4.74 Å². The Kier molecular flexibility index (Phi) is 10.5. The molecule has 0 radical (unpaired) electrons. The maximum Gasteiger partial charge on any atom is 0.409 e. The Labute approximate surface area is 403 Å². The number of amides is 2. The monoisotopic (exact) mass is 951 g/mol. The molecule has 0 unspecified atom stereocenters. The summed E-state index contributed by atoms with van der Waals surface area (Å²) >= 11 is 0. The number of aromatic amines is 1. The standard InChI is InChI=1S/C35H31N5O4S.C18H18N6O/c1-23-12-14-25(15-13-23)45(42,43)39-18-16-31-34(39)37-20-33-36-19-32(40(31)33)24-7-6-17-38(21-24)35(41)44-22-30-28-10-4-2-8-26(28)27-9-3-5-11-29(27)30;19-11-18(4-5-18)17(25)23-7-1-2-12(10-23)14-8-21-15-9-22-16-13(24(14)15)3-6-20-16/h2-5,8-16,18-20,24,30H,6-7,17,21-22H2,1H3;3,6,8-9,12,20H,1-2,4-5,7,10H2/t24-;12-/m11/s1. The Balaban J connectivity index is 0.000000170. The average molecular weight is 952 g/mol. The zero-order valence-electron chi connectivity index (χ0n) is 38.5. The molecule has 8 heterocycles. The predicted molar refractivity (Wildman–Crippen MR) is 262 cm³/mol. The maximum absolute atomic E-state index is 13.5. The fraction of sp³-hybridized carbons (Fsp3) is 0.302. The molecule has 3 fully saturated rings. The summed E-state index contributed by atoms with van der Waals surface area (Å²) in [6, 6.07) is 29.4. The number of H-pyrrole nitrogens is 1. The lowest BCUT2D eigenvalue weighted by atomic mass is 9.93. The molecule has 2 saturated heterocycles. The molecular weight excluding hydrogens is 903 g/mol. The number of nitriles is 1. The number of carbonyl (C=O) groups excluding carboxylic acids is 2. The number of ether oxygens (including phenoxy) is 1. The molecule has 4 aliphatic rings. The number of aromatic nitrogens is 8. The summed E-state index contributed by atoms with van der Waals surface area (Å²) < 4.78 is 38.4. The van der Waals surface area contributed by atoms with Crippen molar-refractivity contribution in [2.45, 2.75) is 68.1 Å². The second kappa shape index (κ2) is 17.0. The van der Waals surface area contributed by atoms with E-state index in [9.17, 15) is 23.3 Å². The first kappa shape index (κ1) is 43.4. The molecule has 17 heteroatoms. The van der Waals surface area contributed by atoms with Crippen LogP contribution in [-0.4, -0.2) is 101 Å². The second-order valence-corrected chi connectivity index (χ2v) is 20.8. The van der Waals surface area contributed by atoms with Gasteiger partial charge in [0.25, 0.3) is 10.0 Å². The highest BCUT2D eigenvalue weighted by Crippen LogP contribution is 2.48. The Morgan fingerprint density at radius 2 is 1.37 bits per heavy atom. The lowest BCUT2D eigenvalue weighted by Gasteiger charge is -2.33. The summed E-state index contributed by atoms with van der Waals surface area (Å²) in [7, 11) is -3.85. The van der Waals surface area contributed by atoms with Gasteiger partial charge in [-0.15, -0.1) is 0 Å². The molecule has 16 nitrogen and oxygen atoms in total. The van der Waals surface area contributed by atoms with Gasteiger partial charge in [-0.05, 0) is 92.0 Å². The molecule has 70 heavy (non-hydrogen) atoms. The van der Waals surface area contributed by atoms with Gasteiger partial charge in [-0.25, -0.2) is 37.1 Å². The molecule has 2 amide bonds. The topological polar surface area (TPSA) is 189 Å². The van der Waals surface area contributed by atoms with Crippen LogP contribution in [0.5, 0.6) is 0 Å². The van der Waals surface area contributed by atoms with E-state index in [2.05, 4.69) is 59.7 Å². The van der Waals surface area contributed by atoms with Crippen molar-refractivity contribution < 1.29 is 22.7 Å². The Morgan fingerprint density at radius 3 is 2.03 bits per heavy atom. The van der Waals surface area contributed by atoms with Crippen molar-refractivity contribution >= 4 is 55.6 Å². The molecule has 1 N–H and O–H groups in total. The minimum Gasteiger partial charge on any atom is -0.448 e. The highest BCUT2D eigenvalue weighted by atomic mass is 32.2. The quantitative estimate of drug-likeness (QED) is 0.162. The zero-order valence-corrected chi connectivity index (χ0v) is 39.3. The van der Waals surface area contributed by atoms with Crippen molar-refractivity contribution in [3.05, 3.63) is 150 Å². The highest BCUT2D eigenvalue weighted by molar-refractivity contribution is 7.90. The molecule has 6 aromatic heterocycles. The lowest BCUT2D eigenvalue weighted by molar-refractivity contribution is -0.136. The van der Waals surface area contributed by atoms with E-state index < -0.39 is 15.4 Å². The summed E-state index contributed by atoms with van der Waals surface area (Å²) in [5.41, 5.74) is 11.3. The third kappa shape index (κ3) is 7.27. The van der Waals surface area contributed by atoms with Crippen LogP contribution in [0.2, 0.25) is 0 Å². The molecule has 13 rings (SSSR count). The van der Waals surface area contributed by atoms with Crippen LogP contribution in [0.1, 0.15) is 84.4 Å². The number of rotatable bonds is 7. The van der Waals surface area contributed by atoms with Gasteiger partial charge < -0.3 is 19.5 Å². The van der Waals surface area contributed by atoms with Gasteiger partial charge in [0.15, 0.2) is 22.6 Å². The first-order chi connectivity index (χ1) is 34.1. The number of fused-ring (bicyclic) bond motifs is 9. The van der Waals surface area contributed by atoms with Crippen molar-refractivity contribution in [1.82, 2.24) is 47.5 Å². The van der Waals surface area contributed by atoms with Crippen molar-refractivity contribution in [3.8, 4) is 17.2 Å². The summed E-state index contributed by atoms with van der Waals surface area (Å²) in [6.07, 6.45) is 15.2. The molecule has 2 aliphatic heterocycles.